The highest BCUT2D eigenvalue weighted by Gasteiger charge is 2.09. The highest BCUT2D eigenvalue weighted by Crippen LogP contribution is 2.11. The van der Waals surface area contributed by atoms with Gasteiger partial charge in [0.15, 0.2) is 0 Å². The van der Waals surface area contributed by atoms with Crippen molar-refractivity contribution in [3.05, 3.63) is 30.1 Å². The number of H-pyrrole nitrogens is 1. The summed E-state index contributed by atoms with van der Waals surface area (Å²) in [6, 6.07) is 6.06. The molecule has 0 spiro atoms. The fraction of sp³-hybridized carbons (Fsp3) is 0.385. The molecule has 1 atom stereocenters. The van der Waals surface area contributed by atoms with Crippen LogP contribution in [0.5, 0.6) is 0 Å². The number of nitrogens with two attached hydrogens (primary N) is 1. The van der Waals surface area contributed by atoms with Crippen LogP contribution in [0.15, 0.2) is 24.5 Å². The van der Waals surface area contributed by atoms with Gasteiger partial charge in [-0.15, -0.1) is 0 Å². The number of benzene rings is 1. The van der Waals surface area contributed by atoms with Crippen LogP contribution in [0.3, 0.4) is 0 Å². The Morgan fingerprint density at radius 3 is 3.17 bits per heavy atom. The number of carbonyl (C=O) groups excluding carboxylic acids is 1. The predicted octanol–water partition coefficient (Wildman–Crippen LogP) is 0.816. The first kappa shape index (κ1) is 12.6. The molecule has 0 aliphatic heterocycles. The van der Waals surface area contributed by atoms with Crippen molar-refractivity contribution in [1.82, 2.24) is 15.3 Å². The van der Waals surface area contributed by atoms with Crippen molar-refractivity contribution in [2.75, 3.05) is 13.1 Å². The first-order valence-electron chi connectivity index (χ1n) is 6.10. The van der Waals surface area contributed by atoms with Crippen molar-refractivity contribution in [1.29, 1.82) is 0 Å². The summed E-state index contributed by atoms with van der Waals surface area (Å²) < 4.78 is 0. The number of rotatable bonds is 5. The van der Waals surface area contributed by atoms with Crippen LogP contribution < -0.4 is 11.1 Å². The van der Waals surface area contributed by atoms with E-state index in [2.05, 4.69) is 21.4 Å². The van der Waals surface area contributed by atoms with E-state index in [9.17, 15) is 4.79 Å². The van der Waals surface area contributed by atoms with E-state index in [1.807, 2.05) is 19.1 Å². The van der Waals surface area contributed by atoms with Crippen LogP contribution in [0.25, 0.3) is 11.0 Å². The number of carbonyl (C=O) groups is 1. The van der Waals surface area contributed by atoms with Gasteiger partial charge >= 0.3 is 0 Å². The van der Waals surface area contributed by atoms with Gasteiger partial charge in [-0.1, -0.05) is 13.0 Å². The Morgan fingerprint density at radius 1 is 1.56 bits per heavy atom. The highest BCUT2D eigenvalue weighted by molar-refractivity contribution is 5.78. The molecule has 0 fully saturated rings. The van der Waals surface area contributed by atoms with Crippen molar-refractivity contribution >= 4 is 16.9 Å². The summed E-state index contributed by atoms with van der Waals surface area (Å²) in [5.74, 6) is -0.111. The van der Waals surface area contributed by atoms with Gasteiger partial charge in [-0.25, -0.2) is 4.98 Å². The summed E-state index contributed by atoms with van der Waals surface area (Å²) in [5.41, 5.74) is 8.59. The standard InChI is InChI=1S/C13H18N4O/c1-9(7-14)13(18)15-5-4-10-2-3-11-12(6-10)17-8-16-11/h2-3,6,8-9H,4-5,7,14H2,1H3,(H,15,18)(H,16,17). The number of hydrogen-bond acceptors (Lipinski definition) is 3. The van der Waals surface area contributed by atoms with Crippen LogP contribution in [-0.4, -0.2) is 29.0 Å². The number of imidazole rings is 1. The second kappa shape index (κ2) is 5.64. The van der Waals surface area contributed by atoms with E-state index in [0.717, 1.165) is 17.5 Å². The van der Waals surface area contributed by atoms with E-state index < -0.39 is 0 Å². The molecule has 0 saturated carbocycles. The molecule has 1 aromatic heterocycles. The van der Waals surface area contributed by atoms with Crippen LogP contribution in [-0.2, 0) is 11.2 Å². The number of amides is 1. The lowest BCUT2D eigenvalue weighted by atomic mass is 10.1. The molecule has 0 saturated heterocycles. The summed E-state index contributed by atoms with van der Waals surface area (Å²) in [4.78, 5) is 18.8. The van der Waals surface area contributed by atoms with Crippen LogP contribution in [0.2, 0.25) is 0 Å². The Labute approximate surface area is 106 Å². The lowest BCUT2D eigenvalue weighted by molar-refractivity contribution is -0.124. The topological polar surface area (TPSA) is 83.8 Å². The van der Waals surface area contributed by atoms with Gasteiger partial charge < -0.3 is 16.0 Å². The van der Waals surface area contributed by atoms with Gasteiger partial charge in [0, 0.05) is 19.0 Å². The maximum absolute atomic E-state index is 11.5. The molecule has 1 amide bonds. The first-order chi connectivity index (χ1) is 8.70. The molecule has 1 aromatic carbocycles. The van der Waals surface area contributed by atoms with Gasteiger partial charge in [0.1, 0.15) is 0 Å². The number of nitrogens with zero attached hydrogens (tertiary/aromatic N) is 1. The summed E-state index contributed by atoms with van der Waals surface area (Å²) in [7, 11) is 0. The molecule has 1 heterocycles. The van der Waals surface area contributed by atoms with Gasteiger partial charge in [-0.3, -0.25) is 4.79 Å². The Bertz CT molecular complexity index is 535. The van der Waals surface area contributed by atoms with Crippen molar-refractivity contribution in [2.45, 2.75) is 13.3 Å². The number of fused-ring (bicyclic) bond motifs is 1. The van der Waals surface area contributed by atoms with Crippen LogP contribution in [0.4, 0.5) is 0 Å². The maximum atomic E-state index is 11.5. The van der Waals surface area contributed by atoms with Crippen molar-refractivity contribution in [2.24, 2.45) is 11.7 Å². The second-order valence-electron chi connectivity index (χ2n) is 4.43. The molecule has 0 bridgehead atoms. The third-order valence-corrected chi connectivity index (χ3v) is 3.00. The average molecular weight is 246 g/mol. The lowest BCUT2D eigenvalue weighted by Crippen LogP contribution is -2.34. The minimum Gasteiger partial charge on any atom is -0.355 e. The predicted molar refractivity (Wildman–Crippen MR) is 71.0 cm³/mol. The van der Waals surface area contributed by atoms with Crippen LogP contribution >= 0.6 is 0 Å². The van der Waals surface area contributed by atoms with Gasteiger partial charge in [-0.2, -0.15) is 0 Å². The third kappa shape index (κ3) is 2.87. The molecule has 5 heteroatoms. The van der Waals surface area contributed by atoms with E-state index in [4.69, 9.17) is 5.73 Å². The summed E-state index contributed by atoms with van der Waals surface area (Å²) in [6.07, 6.45) is 2.48. The Hall–Kier alpha value is -1.88. The zero-order valence-electron chi connectivity index (χ0n) is 10.4. The summed E-state index contributed by atoms with van der Waals surface area (Å²) in [5, 5.41) is 2.88. The molecule has 5 nitrogen and oxygen atoms in total. The zero-order chi connectivity index (χ0) is 13.0. The largest absolute Gasteiger partial charge is 0.355 e. The monoisotopic (exact) mass is 246 g/mol. The minimum atomic E-state index is -0.125. The van der Waals surface area contributed by atoms with Crippen LogP contribution in [0, 0.1) is 5.92 Å². The fourth-order valence-electron chi connectivity index (χ4n) is 1.75. The van der Waals surface area contributed by atoms with E-state index in [1.165, 1.54) is 5.56 Å². The summed E-state index contributed by atoms with van der Waals surface area (Å²) in [6.45, 7) is 2.83. The number of aromatic nitrogens is 2. The van der Waals surface area contributed by atoms with Gasteiger partial charge in [-0.05, 0) is 24.1 Å². The molecule has 18 heavy (non-hydrogen) atoms. The molecular formula is C13H18N4O. The molecule has 2 rings (SSSR count). The number of aromatic amines is 1. The van der Waals surface area contributed by atoms with Gasteiger partial charge in [0.05, 0.1) is 17.4 Å². The fourth-order valence-corrected chi connectivity index (χ4v) is 1.75. The lowest BCUT2D eigenvalue weighted by Gasteiger charge is -2.09. The Kier molecular flexibility index (Phi) is 3.94. The quantitative estimate of drug-likeness (QED) is 0.730. The van der Waals surface area contributed by atoms with Gasteiger partial charge in [0.25, 0.3) is 0 Å². The van der Waals surface area contributed by atoms with Crippen molar-refractivity contribution in [3.63, 3.8) is 0 Å². The van der Waals surface area contributed by atoms with Crippen LogP contribution in [0.1, 0.15) is 12.5 Å². The van der Waals surface area contributed by atoms with E-state index >= 15 is 0 Å². The smallest absolute Gasteiger partial charge is 0.224 e. The van der Waals surface area contributed by atoms with Crippen molar-refractivity contribution < 1.29 is 4.79 Å². The summed E-state index contributed by atoms with van der Waals surface area (Å²) >= 11 is 0. The van der Waals surface area contributed by atoms with E-state index in [0.29, 0.717) is 13.1 Å². The SMILES string of the molecule is CC(CN)C(=O)NCCc1ccc2nc[nH]c2c1. The minimum absolute atomic E-state index is 0.0140. The van der Waals surface area contributed by atoms with E-state index in [1.54, 1.807) is 6.33 Å². The first-order valence-corrected chi connectivity index (χ1v) is 6.10. The Morgan fingerprint density at radius 2 is 2.39 bits per heavy atom. The van der Waals surface area contributed by atoms with Gasteiger partial charge in [0.2, 0.25) is 5.91 Å². The number of nitrogens with one attached hydrogen (secondary N) is 2. The molecular weight excluding hydrogens is 228 g/mol. The average Bonchev–Trinajstić information content (AvgIpc) is 2.85. The molecule has 1 unspecified atom stereocenters. The highest BCUT2D eigenvalue weighted by atomic mass is 16.1. The third-order valence-electron chi connectivity index (χ3n) is 3.00. The second-order valence-corrected chi connectivity index (χ2v) is 4.43. The van der Waals surface area contributed by atoms with E-state index in [-0.39, 0.29) is 11.8 Å². The zero-order valence-corrected chi connectivity index (χ0v) is 10.4. The molecule has 2 aromatic rings. The maximum Gasteiger partial charge on any atom is 0.224 e. The molecule has 4 N–H and O–H groups in total. The molecule has 96 valence electrons. The Balaban J connectivity index is 1.88. The normalized spacial score (nSPS) is 12.6. The molecule has 0 radical (unpaired) electrons. The van der Waals surface area contributed by atoms with Crippen molar-refractivity contribution in [3.8, 4) is 0 Å². The molecule has 0 aliphatic carbocycles. The number of hydrogen-bond donors (Lipinski definition) is 3. The molecule has 0 aliphatic rings.